The molecule has 0 aliphatic carbocycles. The molecule has 0 saturated carbocycles. The summed E-state index contributed by atoms with van der Waals surface area (Å²) in [4.78, 5) is 19.0. The average Bonchev–Trinajstić information content (AvgIpc) is 3.41. The first-order valence-corrected chi connectivity index (χ1v) is 12.6. The highest BCUT2D eigenvalue weighted by atomic mass is 35.5. The Morgan fingerprint density at radius 3 is 2.39 bits per heavy atom. The Bertz CT molecular complexity index is 1570. The number of hydrogen-bond donors (Lipinski definition) is 2. The van der Waals surface area contributed by atoms with Gasteiger partial charge in [0.1, 0.15) is 17.7 Å². The van der Waals surface area contributed by atoms with Gasteiger partial charge in [-0.1, -0.05) is 24.3 Å². The molecule has 224 valence electrons. The molecule has 1 saturated heterocycles. The van der Waals surface area contributed by atoms with Crippen LogP contribution in [0.2, 0.25) is 0 Å². The van der Waals surface area contributed by atoms with Crippen LogP contribution < -0.4 is 5.32 Å². The number of likely N-dealkylation sites (tertiary alicyclic amines) is 1. The Hall–Kier alpha value is -2.84. The van der Waals surface area contributed by atoms with Gasteiger partial charge in [0.2, 0.25) is 5.95 Å². The molecule has 2 aromatic carbocycles. The third-order valence-electron chi connectivity index (χ3n) is 6.90. The molecule has 3 aromatic heterocycles. The van der Waals surface area contributed by atoms with E-state index < -0.39 is 0 Å². The van der Waals surface area contributed by atoms with E-state index in [4.69, 9.17) is 17.2 Å². The Morgan fingerprint density at radius 1 is 0.951 bits per heavy atom. The van der Waals surface area contributed by atoms with Crippen LogP contribution in [0.3, 0.4) is 0 Å². The van der Waals surface area contributed by atoms with Crippen molar-refractivity contribution in [3.63, 3.8) is 0 Å². The number of benzene rings is 2. The molecule has 0 spiro atoms. The third kappa shape index (κ3) is 7.92. The van der Waals surface area contributed by atoms with E-state index >= 15 is 0 Å². The Kier molecular flexibility index (Phi) is 14.1. The second-order valence-electron chi connectivity index (χ2n) is 9.24. The van der Waals surface area contributed by atoms with E-state index in [0.717, 1.165) is 72.7 Å². The molecular formula is C26H34Cl3FN8O2S. The van der Waals surface area contributed by atoms with Crippen molar-refractivity contribution in [1.82, 2.24) is 34.0 Å². The van der Waals surface area contributed by atoms with Crippen molar-refractivity contribution < 1.29 is 15.3 Å². The number of anilines is 1. The lowest BCUT2D eigenvalue weighted by Gasteiger charge is -2.32. The lowest BCUT2D eigenvalue weighted by molar-refractivity contribution is 0.211. The largest absolute Gasteiger partial charge is 0.412 e. The maximum absolute atomic E-state index is 13.4. The molecule has 10 nitrogen and oxygen atoms in total. The summed E-state index contributed by atoms with van der Waals surface area (Å²) >= 11 is 5.49. The molecular weight excluding hydrogens is 614 g/mol. The van der Waals surface area contributed by atoms with Crippen LogP contribution in [0.15, 0.2) is 61.1 Å². The second-order valence-corrected chi connectivity index (χ2v) is 9.63. The van der Waals surface area contributed by atoms with Crippen LogP contribution in [0.5, 0.6) is 0 Å². The number of nitrogens with one attached hydrogen (secondary N) is 2. The normalized spacial score (nSPS) is 13.3. The number of para-hydroxylation sites is 2. The van der Waals surface area contributed by atoms with Gasteiger partial charge < -0.3 is 35.3 Å². The molecule has 6 N–H and O–H groups in total. The molecule has 1 aliphatic rings. The van der Waals surface area contributed by atoms with Crippen LogP contribution in [0, 0.1) is 10.6 Å². The first kappa shape index (κ1) is 36.2. The van der Waals surface area contributed by atoms with E-state index in [1.807, 2.05) is 30.3 Å². The van der Waals surface area contributed by atoms with Gasteiger partial charge in [0, 0.05) is 32.2 Å². The van der Waals surface area contributed by atoms with E-state index in [1.54, 1.807) is 12.5 Å². The minimum atomic E-state index is -0.223. The van der Waals surface area contributed by atoms with Crippen molar-refractivity contribution in [2.45, 2.75) is 32.0 Å². The number of aromatic nitrogens is 6. The van der Waals surface area contributed by atoms with Crippen molar-refractivity contribution in [2.24, 2.45) is 0 Å². The zero-order valence-electron chi connectivity index (χ0n) is 22.0. The molecule has 1 aliphatic heterocycles. The summed E-state index contributed by atoms with van der Waals surface area (Å²) in [5.74, 6) is 0.642. The SMILES string of the molecule is Cl.Cl.Cl.Fc1ccc(Cn2c(NC3CCN(CCn4c(=S)[nH]c5cncnc54)CC3)nc3ccccc32)cc1.O.O. The van der Waals surface area contributed by atoms with Gasteiger partial charge >= 0.3 is 0 Å². The summed E-state index contributed by atoms with van der Waals surface area (Å²) in [5.41, 5.74) is 4.79. The minimum absolute atomic E-state index is 0. The van der Waals surface area contributed by atoms with Gasteiger partial charge in [-0.05, 0) is 54.9 Å². The summed E-state index contributed by atoms with van der Waals surface area (Å²) < 4.78 is 18.3. The van der Waals surface area contributed by atoms with Crippen LogP contribution in [0.25, 0.3) is 22.2 Å². The summed E-state index contributed by atoms with van der Waals surface area (Å²) in [6, 6.07) is 15.2. The standard InChI is InChI=1S/C26H27FN8S.3ClH.2H2O/c27-19-7-5-18(6-8-19)16-35-23-4-2-1-3-21(23)31-25(35)30-20-9-11-33(12-10-20)13-14-34-24-22(32-26(34)36)15-28-17-29-24;;;;;/h1-8,15,17,20H,9-14,16H2,(H,30,31)(H,32,36);3*1H;2*1H2. The maximum Gasteiger partial charge on any atom is 0.204 e. The lowest BCUT2D eigenvalue weighted by atomic mass is 10.1. The monoisotopic (exact) mass is 646 g/mol. The van der Waals surface area contributed by atoms with E-state index in [2.05, 4.69) is 40.4 Å². The van der Waals surface area contributed by atoms with E-state index in [9.17, 15) is 4.39 Å². The molecule has 5 aromatic rings. The van der Waals surface area contributed by atoms with Crippen LogP contribution in [0.4, 0.5) is 10.3 Å². The predicted molar refractivity (Wildman–Crippen MR) is 170 cm³/mol. The fraction of sp³-hybridized carbons (Fsp3) is 0.308. The number of rotatable bonds is 7. The predicted octanol–water partition coefficient (Wildman–Crippen LogP) is 4.22. The van der Waals surface area contributed by atoms with Crippen molar-refractivity contribution in [3.05, 3.63) is 77.2 Å². The summed E-state index contributed by atoms with van der Waals surface area (Å²) in [5, 5.41) is 3.70. The van der Waals surface area contributed by atoms with Gasteiger partial charge in [0.15, 0.2) is 10.4 Å². The van der Waals surface area contributed by atoms with Gasteiger partial charge in [0.05, 0.1) is 23.8 Å². The Morgan fingerprint density at radius 2 is 1.66 bits per heavy atom. The number of nitrogens with zero attached hydrogens (tertiary/aromatic N) is 6. The molecule has 0 atom stereocenters. The van der Waals surface area contributed by atoms with Gasteiger partial charge in [-0.3, -0.25) is 0 Å². The van der Waals surface area contributed by atoms with Crippen molar-refractivity contribution in [3.8, 4) is 0 Å². The second kappa shape index (κ2) is 16.0. The highest BCUT2D eigenvalue weighted by Crippen LogP contribution is 2.24. The molecule has 41 heavy (non-hydrogen) atoms. The molecule has 6 rings (SSSR count). The number of H-pyrrole nitrogens is 1. The maximum atomic E-state index is 13.4. The van der Waals surface area contributed by atoms with Crippen molar-refractivity contribution in [2.75, 3.05) is 25.0 Å². The Labute approximate surface area is 260 Å². The van der Waals surface area contributed by atoms with Gasteiger partial charge in [0.25, 0.3) is 0 Å². The molecule has 15 heteroatoms. The van der Waals surface area contributed by atoms with Crippen LogP contribution in [0.1, 0.15) is 18.4 Å². The van der Waals surface area contributed by atoms with E-state index in [0.29, 0.717) is 17.4 Å². The third-order valence-corrected chi connectivity index (χ3v) is 7.23. The number of fused-ring (bicyclic) bond motifs is 2. The first-order valence-electron chi connectivity index (χ1n) is 12.2. The summed E-state index contributed by atoms with van der Waals surface area (Å²) in [6.07, 6.45) is 5.37. The van der Waals surface area contributed by atoms with Crippen molar-refractivity contribution in [1.29, 1.82) is 0 Å². The van der Waals surface area contributed by atoms with E-state index in [-0.39, 0.29) is 54.0 Å². The zero-order valence-corrected chi connectivity index (χ0v) is 25.3. The van der Waals surface area contributed by atoms with Crippen molar-refractivity contribution >= 4 is 77.6 Å². The Balaban J connectivity index is 0.00000168. The van der Waals surface area contributed by atoms with Crippen LogP contribution in [-0.2, 0) is 13.1 Å². The molecule has 0 bridgehead atoms. The number of hydrogen-bond acceptors (Lipinski definition) is 6. The lowest BCUT2D eigenvalue weighted by Crippen LogP contribution is -2.40. The molecule has 4 heterocycles. The number of aromatic amines is 1. The van der Waals surface area contributed by atoms with E-state index in [1.165, 1.54) is 12.1 Å². The molecule has 0 unspecified atom stereocenters. The fourth-order valence-electron chi connectivity index (χ4n) is 4.96. The highest BCUT2D eigenvalue weighted by molar-refractivity contribution is 7.71. The number of imidazole rings is 2. The topological polar surface area (TPSA) is 143 Å². The van der Waals surface area contributed by atoms with Gasteiger partial charge in [-0.25, -0.2) is 19.3 Å². The minimum Gasteiger partial charge on any atom is -0.412 e. The molecule has 1 fully saturated rings. The smallest absolute Gasteiger partial charge is 0.204 e. The average molecular weight is 648 g/mol. The summed E-state index contributed by atoms with van der Waals surface area (Å²) in [6.45, 7) is 4.35. The van der Waals surface area contributed by atoms with Gasteiger partial charge in [-0.15, -0.1) is 37.2 Å². The summed E-state index contributed by atoms with van der Waals surface area (Å²) in [7, 11) is 0. The quantitative estimate of drug-likeness (QED) is 0.253. The van der Waals surface area contributed by atoms with Gasteiger partial charge in [-0.2, -0.15) is 0 Å². The van der Waals surface area contributed by atoms with Crippen LogP contribution in [-0.4, -0.2) is 70.6 Å². The zero-order chi connectivity index (χ0) is 24.5. The number of piperidine rings is 1. The molecule has 0 amide bonds. The first-order chi connectivity index (χ1) is 17.6. The highest BCUT2D eigenvalue weighted by Gasteiger charge is 2.22. The van der Waals surface area contributed by atoms with Crippen LogP contribution >= 0.6 is 49.4 Å². The number of halogens is 4. The molecule has 0 radical (unpaired) electrons. The fourth-order valence-corrected chi connectivity index (χ4v) is 5.24.